The molecule has 1 unspecified atom stereocenters. The molecule has 8 heteroatoms. The van der Waals surface area contributed by atoms with Crippen molar-refractivity contribution in [1.29, 1.82) is 0 Å². The minimum Gasteiger partial charge on any atom is -0.481 e. The first-order chi connectivity index (χ1) is 11.7. The Morgan fingerprint density at radius 3 is 3.08 bits per heavy atom. The number of fused-ring (bicyclic) bond motifs is 1. The van der Waals surface area contributed by atoms with E-state index in [9.17, 15) is 9.18 Å². The van der Waals surface area contributed by atoms with Gasteiger partial charge in [0.2, 0.25) is 0 Å². The van der Waals surface area contributed by atoms with E-state index in [0.29, 0.717) is 19.0 Å². The van der Waals surface area contributed by atoms with Gasteiger partial charge in [-0.2, -0.15) is 5.10 Å². The van der Waals surface area contributed by atoms with Crippen molar-refractivity contribution in [3.63, 3.8) is 0 Å². The second kappa shape index (κ2) is 7.39. The first-order valence-electron chi connectivity index (χ1n) is 7.74. The summed E-state index contributed by atoms with van der Waals surface area (Å²) in [4.78, 5) is 16.4. The molecule has 128 valence electrons. The van der Waals surface area contributed by atoms with Gasteiger partial charge in [0, 0.05) is 19.6 Å². The van der Waals surface area contributed by atoms with Crippen molar-refractivity contribution in [3.8, 4) is 5.75 Å². The van der Waals surface area contributed by atoms with E-state index in [4.69, 9.17) is 9.47 Å². The molecule has 0 spiro atoms. The molecular weight excluding hydrogens is 315 g/mol. The summed E-state index contributed by atoms with van der Waals surface area (Å²) in [5.74, 6) is 0.835. The maximum atomic E-state index is 13.4. The number of rotatable bonds is 6. The number of aryl methyl sites for hydroxylation is 1. The van der Waals surface area contributed by atoms with Crippen LogP contribution in [0.2, 0.25) is 0 Å². The molecule has 1 atom stereocenters. The van der Waals surface area contributed by atoms with Crippen molar-refractivity contribution >= 4 is 5.91 Å². The van der Waals surface area contributed by atoms with Crippen LogP contribution in [0.5, 0.6) is 5.75 Å². The lowest BCUT2D eigenvalue weighted by Gasteiger charge is -2.23. The maximum absolute atomic E-state index is 13.4. The van der Waals surface area contributed by atoms with Gasteiger partial charge in [0.15, 0.2) is 24.0 Å². The summed E-state index contributed by atoms with van der Waals surface area (Å²) >= 11 is 0. The summed E-state index contributed by atoms with van der Waals surface area (Å²) in [7, 11) is 1.60. The molecule has 1 N–H and O–H groups in total. The molecule has 1 aliphatic heterocycles. The Hall–Kier alpha value is -2.48. The highest BCUT2D eigenvalue weighted by Gasteiger charge is 2.23. The average molecular weight is 334 g/mol. The monoisotopic (exact) mass is 334 g/mol. The Morgan fingerprint density at radius 2 is 2.29 bits per heavy atom. The number of methoxy groups -OCH3 is 1. The SMILES string of the molecule is COCc1nc2n(n1)CC(NC(=O)COc1ccccc1F)CC2. The Morgan fingerprint density at radius 1 is 1.46 bits per heavy atom. The standard InChI is InChI=1S/C16H19FN4O3/c1-23-9-14-19-15-7-6-11(8-21(15)20-14)18-16(22)10-24-13-5-3-2-4-12(13)17/h2-5,11H,6-10H2,1H3,(H,18,22). The molecule has 1 aromatic carbocycles. The van der Waals surface area contributed by atoms with Crippen LogP contribution in [0.4, 0.5) is 4.39 Å². The Balaban J connectivity index is 1.51. The molecule has 0 bridgehead atoms. The summed E-state index contributed by atoms with van der Waals surface area (Å²) in [5, 5.41) is 7.24. The smallest absolute Gasteiger partial charge is 0.258 e. The second-order valence-electron chi connectivity index (χ2n) is 5.58. The van der Waals surface area contributed by atoms with Gasteiger partial charge < -0.3 is 14.8 Å². The number of nitrogens with one attached hydrogen (secondary N) is 1. The largest absolute Gasteiger partial charge is 0.481 e. The zero-order valence-electron chi connectivity index (χ0n) is 13.4. The van der Waals surface area contributed by atoms with E-state index in [-0.39, 0.29) is 24.3 Å². The molecule has 0 aliphatic carbocycles. The van der Waals surface area contributed by atoms with E-state index < -0.39 is 5.82 Å². The minimum atomic E-state index is -0.485. The van der Waals surface area contributed by atoms with Gasteiger partial charge in [0.1, 0.15) is 12.4 Å². The Labute approximate surface area is 138 Å². The molecule has 2 aromatic rings. The molecule has 0 fully saturated rings. The van der Waals surface area contributed by atoms with Crippen LogP contribution in [-0.2, 0) is 29.1 Å². The molecule has 1 aromatic heterocycles. The van der Waals surface area contributed by atoms with E-state index in [2.05, 4.69) is 15.4 Å². The molecule has 7 nitrogen and oxygen atoms in total. The van der Waals surface area contributed by atoms with Crippen LogP contribution in [0.15, 0.2) is 24.3 Å². The van der Waals surface area contributed by atoms with Crippen LogP contribution in [0.3, 0.4) is 0 Å². The Bertz CT molecular complexity index is 719. The predicted octanol–water partition coefficient (Wildman–Crippen LogP) is 1.07. The van der Waals surface area contributed by atoms with Gasteiger partial charge >= 0.3 is 0 Å². The fourth-order valence-electron chi connectivity index (χ4n) is 2.64. The molecule has 1 amide bonds. The van der Waals surface area contributed by atoms with Crippen molar-refractivity contribution in [2.45, 2.75) is 32.0 Å². The van der Waals surface area contributed by atoms with Crippen LogP contribution in [0.25, 0.3) is 0 Å². The molecule has 24 heavy (non-hydrogen) atoms. The maximum Gasteiger partial charge on any atom is 0.258 e. The zero-order valence-corrected chi connectivity index (χ0v) is 13.4. The van der Waals surface area contributed by atoms with E-state index >= 15 is 0 Å². The second-order valence-corrected chi connectivity index (χ2v) is 5.58. The number of amides is 1. The molecule has 2 heterocycles. The van der Waals surface area contributed by atoms with Crippen LogP contribution in [0, 0.1) is 5.82 Å². The summed E-state index contributed by atoms with van der Waals surface area (Å²) in [6.07, 6.45) is 1.51. The number of para-hydroxylation sites is 1. The fourth-order valence-corrected chi connectivity index (χ4v) is 2.64. The molecule has 0 radical (unpaired) electrons. The number of nitrogens with zero attached hydrogens (tertiary/aromatic N) is 3. The number of carbonyl (C=O) groups is 1. The quantitative estimate of drug-likeness (QED) is 0.855. The van der Waals surface area contributed by atoms with Crippen LogP contribution in [-0.4, -0.2) is 40.4 Å². The van der Waals surface area contributed by atoms with Crippen molar-refractivity contribution in [1.82, 2.24) is 20.1 Å². The summed E-state index contributed by atoms with van der Waals surface area (Å²) in [6.45, 7) is 0.696. The lowest BCUT2D eigenvalue weighted by Crippen LogP contribution is -2.43. The highest BCUT2D eigenvalue weighted by Crippen LogP contribution is 2.16. The minimum absolute atomic E-state index is 0.0497. The van der Waals surface area contributed by atoms with Crippen molar-refractivity contribution in [2.24, 2.45) is 0 Å². The summed E-state index contributed by atoms with van der Waals surface area (Å²) in [6, 6.07) is 5.95. The number of aromatic nitrogens is 3. The van der Waals surface area contributed by atoms with E-state index in [0.717, 1.165) is 18.7 Å². The lowest BCUT2D eigenvalue weighted by molar-refractivity contribution is -0.124. The molecule has 0 saturated heterocycles. The third kappa shape index (κ3) is 3.88. The van der Waals surface area contributed by atoms with E-state index in [1.54, 1.807) is 23.9 Å². The highest BCUT2D eigenvalue weighted by atomic mass is 19.1. The summed E-state index contributed by atoms with van der Waals surface area (Å²) < 4.78 is 25.5. The van der Waals surface area contributed by atoms with Gasteiger partial charge in [-0.15, -0.1) is 0 Å². The third-order valence-electron chi connectivity index (χ3n) is 3.74. The number of carbonyl (C=O) groups excluding carboxylic acids is 1. The van der Waals surface area contributed by atoms with Crippen LogP contribution in [0.1, 0.15) is 18.1 Å². The van der Waals surface area contributed by atoms with Gasteiger partial charge in [-0.25, -0.2) is 14.1 Å². The predicted molar refractivity (Wildman–Crippen MR) is 82.9 cm³/mol. The van der Waals surface area contributed by atoms with Crippen molar-refractivity contribution in [2.75, 3.05) is 13.7 Å². The normalized spacial score (nSPS) is 16.5. The number of halogens is 1. The number of hydrogen-bond donors (Lipinski definition) is 1. The van der Waals surface area contributed by atoms with E-state index in [1.807, 2.05) is 0 Å². The molecule has 1 aliphatic rings. The van der Waals surface area contributed by atoms with Crippen LogP contribution < -0.4 is 10.1 Å². The fraction of sp³-hybridized carbons (Fsp3) is 0.438. The van der Waals surface area contributed by atoms with Crippen LogP contribution >= 0.6 is 0 Å². The van der Waals surface area contributed by atoms with Crippen molar-refractivity contribution in [3.05, 3.63) is 41.7 Å². The lowest BCUT2D eigenvalue weighted by atomic mass is 10.1. The number of ether oxygens (including phenoxy) is 2. The Kier molecular flexibility index (Phi) is 5.05. The van der Waals surface area contributed by atoms with Crippen molar-refractivity contribution < 1.29 is 18.7 Å². The van der Waals surface area contributed by atoms with Gasteiger partial charge in [-0.1, -0.05) is 12.1 Å². The summed E-state index contributed by atoms with van der Waals surface area (Å²) in [5.41, 5.74) is 0. The molecule has 3 rings (SSSR count). The highest BCUT2D eigenvalue weighted by molar-refractivity contribution is 5.77. The number of hydrogen-bond acceptors (Lipinski definition) is 5. The van der Waals surface area contributed by atoms with Gasteiger partial charge in [-0.3, -0.25) is 4.79 Å². The number of benzene rings is 1. The average Bonchev–Trinajstić information content (AvgIpc) is 2.96. The van der Waals surface area contributed by atoms with E-state index in [1.165, 1.54) is 12.1 Å². The van der Waals surface area contributed by atoms with Gasteiger partial charge in [-0.05, 0) is 18.6 Å². The van der Waals surface area contributed by atoms with Gasteiger partial charge in [0.05, 0.1) is 6.54 Å². The van der Waals surface area contributed by atoms with Gasteiger partial charge in [0.25, 0.3) is 5.91 Å². The molecular formula is C16H19FN4O3. The zero-order chi connectivity index (χ0) is 16.9. The topological polar surface area (TPSA) is 78.3 Å². The first kappa shape index (κ1) is 16.4. The third-order valence-corrected chi connectivity index (χ3v) is 3.74. The first-order valence-corrected chi connectivity index (χ1v) is 7.74. The molecule has 0 saturated carbocycles.